The van der Waals surface area contributed by atoms with E-state index in [-0.39, 0.29) is 0 Å². The highest BCUT2D eigenvalue weighted by molar-refractivity contribution is 5.19. The van der Waals surface area contributed by atoms with Gasteiger partial charge in [0.1, 0.15) is 0 Å². The molecule has 0 saturated heterocycles. The third-order valence-corrected chi connectivity index (χ3v) is 1.70. The molecule has 0 aromatic carbocycles. The van der Waals surface area contributed by atoms with Crippen LogP contribution >= 0.6 is 0 Å². The van der Waals surface area contributed by atoms with Gasteiger partial charge >= 0.3 is 0 Å². The Morgan fingerprint density at radius 2 is 2.50 bits per heavy atom. The summed E-state index contributed by atoms with van der Waals surface area (Å²) in [5.41, 5.74) is 2.44. The Kier molecular flexibility index (Phi) is 3.27. The first-order chi connectivity index (χ1) is 5.83. The smallest absolute Gasteiger partial charge is 0.0303 e. The fraction of sp³-hybridized carbons (Fsp3) is 0.182. The van der Waals surface area contributed by atoms with Gasteiger partial charge in [0.05, 0.1) is 0 Å². The molecule has 0 radical (unpaired) electrons. The van der Waals surface area contributed by atoms with Gasteiger partial charge in [-0.3, -0.25) is 4.98 Å². The molecule has 0 spiro atoms. The molecule has 1 heterocycles. The standard InChI is InChI=1S/C11H13N/c1-3-10(2)6-7-11-5-4-8-12-9-11/h3-6,8-9H,1,7H2,2H3/b10-6-. The first-order valence-electron chi connectivity index (χ1n) is 4.01. The minimum absolute atomic E-state index is 0.936. The molecule has 0 fully saturated rings. The van der Waals surface area contributed by atoms with E-state index in [2.05, 4.69) is 23.7 Å². The summed E-state index contributed by atoms with van der Waals surface area (Å²) in [7, 11) is 0. The summed E-state index contributed by atoms with van der Waals surface area (Å²) in [6.07, 6.45) is 8.60. The number of rotatable bonds is 3. The average Bonchev–Trinajstić information content (AvgIpc) is 2.16. The number of pyridine rings is 1. The van der Waals surface area contributed by atoms with Crippen molar-refractivity contribution in [3.63, 3.8) is 0 Å². The number of aromatic nitrogens is 1. The summed E-state index contributed by atoms with van der Waals surface area (Å²) in [6, 6.07) is 4.02. The minimum atomic E-state index is 0.936. The van der Waals surface area contributed by atoms with Crippen molar-refractivity contribution >= 4 is 0 Å². The molecule has 12 heavy (non-hydrogen) atoms. The summed E-state index contributed by atoms with van der Waals surface area (Å²) in [4.78, 5) is 4.03. The van der Waals surface area contributed by atoms with Crippen LogP contribution in [0.3, 0.4) is 0 Å². The van der Waals surface area contributed by atoms with Gasteiger partial charge in [-0.25, -0.2) is 0 Å². The fourth-order valence-electron chi connectivity index (χ4n) is 0.881. The average molecular weight is 159 g/mol. The summed E-state index contributed by atoms with van der Waals surface area (Å²) < 4.78 is 0. The quantitative estimate of drug-likeness (QED) is 0.618. The second-order valence-corrected chi connectivity index (χ2v) is 2.72. The molecule has 0 N–H and O–H groups in total. The molecule has 1 rings (SSSR count). The van der Waals surface area contributed by atoms with Gasteiger partial charge in [0, 0.05) is 12.4 Å². The predicted molar refractivity (Wildman–Crippen MR) is 51.9 cm³/mol. The van der Waals surface area contributed by atoms with Gasteiger partial charge in [-0.2, -0.15) is 0 Å². The van der Waals surface area contributed by atoms with Gasteiger partial charge in [0.2, 0.25) is 0 Å². The van der Waals surface area contributed by atoms with Gasteiger partial charge in [0.15, 0.2) is 0 Å². The molecule has 0 aliphatic carbocycles. The molecule has 0 bridgehead atoms. The Morgan fingerprint density at radius 3 is 3.08 bits per heavy atom. The molecule has 0 aliphatic rings. The van der Waals surface area contributed by atoms with E-state index < -0.39 is 0 Å². The van der Waals surface area contributed by atoms with Crippen LogP contribution in [0.5, 0.6) is 0 Å². The van der Waals surface area contributed by atoms with E-state index in [0.717, 1.165) is 6.42 Å². The van der Waals surface area contributed by atoms with Gasteiger partial charge in [0.25, 0.3) is 0 Å². The van der Waals surface area contributed by atoms with Crippen molar-refractivity contribution in [1.82, 2.24) is 4.98 Å². The van der Waals surface area contributed by atoms with Gasteiger partial charge in [-0.1, -0.05) is 30.4 Å². The Balaban J connectivity index is 2.60. The molecule has 0 unspecified atom stereocenters. The van der Waals surface area contributed by atoms with Crippen LogP contribution in [-0.4, -0.2) is 4.98 Å². The lowest BCUT2D eigenvalue weighted by Gasteiger charge is -1.94. The van der Waals surface area contributed by atoms with Crippen LogP contribution < -0.4 is 0 Å². The van der Waals surface area contributed by atoms with Crippen LogP contribution in [0.4, 0.5) is 0 Å². The van der Waals surface area contributed by atoms with Crippen LogP contribution in [0.2, 0.25) is 0 Å². The van der Waals surface area contributed by atoms with E-state index in [4.69, 9.17) is 0 Å². The van der Waals surface area contributed by atoms with Crippen molar-refractivity contribution in [2.75, 3.05) is 0 Å². The monoisotopic (exact) mass is 159 g/mol. The molecule has 1 heteroatoms. The Labute approximate surface area is 73.5 Å². The predicted octanol–water partition coefficient (Wildman–Crippen LogP) is 2.76. The SMILES string of the molecule is C=C/C(C)=C\Cc1cccnc1. The van der Waals surface area contributed by atoms with E-state index in [0.29, 0.717) is 0 Å². The van der Waals surface area contributed by atoms with Gasteiger partial charge < -0.3 is 0 Å². The first-order valence-corrected chi connectivity index (χ1v) is 4.01. The summed E-state index contributed by atoms with van der Waals surface area (Å²) in [6.45, 7) is 5.73. The number of hydrogen-bond donors (Lipinski definition) is 0. The first kappa shape index (κ1) is 8.72. The second kappa shape index (κ2) is 4.50. The molecule has 1 aromatic heterocycles. The number of hydrogen-bond acceptors (Lipinski definition) is 1. The van der Waals surface area contributed by atoms with Crippen molar-refractivity contribution in [3.8, 4) is 0 Å². The van der Waals surface area contributed by atoms with E-state index in [1.807, 2.05) is 25.3 Å². The molecule has 0 saturated carbocycles. The maximum atomic E-state index is 4.03. The van der Waals surface area contributed by atoms with Crippen LogP contribution in [0.15, 0.2) is 48.8 Å². The Bertz CT molecular complexity index is 272. The third-order valence-electron chi connectivity index (χ3n) is 1.70. The topological polar surface area (TPSA) is 12.9 Å². The van der Waals surface area contributed by atoms with E-state index >= 15 is 0 Å². The molecule has 0 atom stereocenters. The Hall–Kier alpha value is -1.37. The largest absolute Gasteiger partial charge is 0.264 e. The highest BCUT2D eigenvalue weighted by atomic mass is 14.6. The van der Waals surface area contributed by atoms with Crippen molar-refractivity contribution in [2.45, 2.75) is 13.3 Å². The van der Waals surface area contributed by atoms with Crippen molar-refractivity contribution in [3.05, 3.63) is 54.4 Å². The van der Waals surface area contributed by atoms with Gasteiger partial charge in [-0.15, -0.1) is 0 Å². The zero-order chi connectivity index (χ0) is 8.81. The van der Waals surface area contributed by atoms with Crippen LogP contribution in [0.1, 0.15) is 12.5 Å². The molecular formula is C11H13N. The zero-order valence-corrected chi connectivity index (χ0v) is 7.33. The maximum absolute atomic E-state index is 4.03. The molecule has 1 nitrogen and oxygen atoms in total. The van der Waals surface area contributed by atoms with Crippen molar-refractivity contribution in [1.29, 1.82) is 0 Å². The molecular weight excluding hydrogens is 146 g/mol. The fourth-order valence-corrected chi connectivity index (χ4v) is 0.881. The lowest BCUT2D eigenvalue weighted by Crippen LogP contribution is -1.82. The van der Waals surface area contributed by atoms with Crippen LogP contribution in [-0.2, 0) is 6.42 Å². The highest BCUT2D eigenvalue weighted by Gasteiger charge is 1.87. The third kappa shape index (κ3) is 2.70. The van der Waals surface area contributed by atoms with Crippen molar-refractivity contribution < 1.29 is 0 Å². The van der Waals surface area contributed by atoms with E-state index in [1.165, 1.54) is 11.1 Å². The van der Waals surface area contributed by atoms with Gasteiger partial charge in [-0.05, 0) is 25.0 Å². The summed E-state index contributed by atoms with van der Waals surface area (Å²) in [5.74, 6) is 0. The molecule has 0 amide bonds. The number of allylic oxidation sites excluding steroid dienone is 3. The lowest BCUT2D eigenvalue weighted by atomic mass is 10.1. The number of nitrogens with zero attached hydrogens (tertiary/aromatic N) is 1. The maximum Gasteiger partial charge on any atom is 0.0303 e. The second-order valence-electron chi connectivity index (χ2n) is 2.72. The van der Waals surface area contributed by atoms with Crippen LogP contribution in [0, 0.1) is 0 Å². The van der Waals surface area contributed by atoms with Crippen LogP contribution in [0.25, 0.3) is 0 Å². The minimum Gasteiger partial charge on any atom is -0.264 e. The molecule has 0 aliphatic heterocycles. The molecule has 1 aromatic rings. The van der Waals surface area contributed by atoms with E-state index in [1.54, 1.807) is 6.20 Å². The molecule has 62 valence electrons. The lowest BCUT2D eigenvalue weighted by molar-refractivity contribution is 1.18. The Morgan fingerprint density at radius 1 is 1.67 bits per heavy atom. The van der Waals surface area contributed by atoms with E-state index in [9.17, 15) is 0 Å². The normalized spacial score (nSPS) is 11.2. The van der Waals surface area contributed by atoms with Crippen molar-refractivity contribution in [2.24, 2.45) is 0 Å². The summed E-state index contributed by atoms with van der Waals surface area (Å²) in [5, 5.41) is 0. The zero-order valence-electron chi connectivity index (χ0n) is 7.33. The highest BCUT2D eigenvalue weighted by Crippen LogP contribution is 2.01. The summed E-state index contributed by atoms with van der Waals surface area (Å²) >= 11 is 0.